The highest BCUT2D eigenvalue weighted by atomic mass is 35.5. The smallest absolute Gasteiger partial charge is 0.337 e. The number of rotatable bonds is 9. The number of halogens is 3. The zero-order chi connectivity index (χ0) is 42.5. The Hall–Kier alpha value is -5.22. The Morgan fingerprint density at radius 3 is 2.25 bits per heavy atom. The van der Waals surface area contributed by atoms with Crippen LogP contribution in [0.4, 0.5) is 11.4 Å². The minimum absolute atomic E-state index is 0.111. The Morgan fingerprint density at radius 1 is 0.850 bits per heavy atom. The average molecular weight is 867 g/mol. The number of aromatic nitrogens is 1. The molecule has 2 N–H and O–H groups in total. The van der Waals surface area contributed by atoms with Crippen LogP contribution in [0.1, 0.15) is 96.5 Å². The molecule has 0 radical (unpaired) electrons. The number of carbonyl (C=O) groups is 3. The first-order chi connectivity index (χ1) is 29.1. The Morgan fingerprint density at radius 2 is 1.55 bits per heavy atom. The van der Waals surface area contributed by atoms with Crippen molar-refractivity contribution in [3.05, 3.63) is 140 Å². The summed E-state index contributed by atoms with van der Waals surface area (Å²) >= 11 is 19.7. The second-order valence-electron chi connectivity index (χ2n) is 15.1. The standard InChI is InChI=1S/C46H44Cl3N5O4.C2H6/c1-28(34-17-15-32(47)26-37(34)49)54-20-8-13-35(29-9-4-3-5-10-29)43(54)41-36-18-16-33(48)27-38(36)50-42(41)44(55)51-39-25-31(46(57)58-2)14-19-40(39)52-21-23-53(24-22-52)45(56)30-11-6-7-12-30;1-2/h3-5,8-10,14-20,25-28,30,50H,6-7,11-13,21-24H2,1-2H3,(H,51,55);1-2H3. The van der Waals surface area contributed by atoms with Gasteiger partial charge in [0.25, 0.3) is 5.91 Å². The number of aromatic amines is 1. The van der Waals surface area contributed by atoms with Crippen LogP contribution in [0.3, 0.4) is 0 Å². The number of fused-ring (bicyclic) bond motifs is 1. The third-order valence-electron chi connectivity index (χ3n) is 11.6. The van der Waals surface area contributed by atoms with Gasteiger partial charge in [-0.05, 0) is 85.4 Å². The van der Waals surface area contributed by atoms with Gasteiger partial charge in [-0.2, -0.15) is 0 Å². The maximum absolute atomic E-state index is 15.0. The minimum Gasteiger partial charge on any atom is -0.465 e. The number of hydrogen-bond acceptors (Lipinski definition) is 6. The fraction of sp³-hybridized carbons (Fsp3) is 0.312. The van der Waals surface area contributed by atoms with Crippen LogP contribution in [0.5, 0.6) is 0 Å². The number of esters is 1. The lowest BCUT2D eigenvalue weighted by molar-refractivity contribution is -0.135. The van der Waals surface area contributed by atoms with Crippen molar-refractivity contribution in [2.45, 2.75) is 58.9 Å². The Labute approximate surface area is 366 Å². The second-order valence-corrected chi connectivity index (χ2v) is 16.3. The van der Waals surface area contributed by atoms with Gasteiger partial charge in [0.05, 0.1) is 35.8 Å². The van der Waals surface area contributed by atoms with Crippen LogP contribution in [0.15, 0.2) is 97.2 Å². The predicted octanol–water partition coefficient (Wildman–Crippen LogP) is 11.9. The van der Waals surface area contributed by atoms with Crippen molar-refractivity contribution in [2.75, 3.05) is 43.5 Å². The highest BCUT2D eigenvalue weighted by molar-refractivity contribution is 6.35. The molecular formula is C48H50Cl3N5O4. The summed E-state index contributed by atoms with van der Waals surface area (Å²) in [5.41, 5.74) is 6.90. The number of hydrogen-bond donors (Lipinski definition) is 2. The summed E-state index contributed by atoms with van der Waals surface area (Å²) in [6.07, 6.45) is 8.89. The van der Waals surface area contributed by atoms with Gasteiger partial charge in [-0.25, -0.2) is 4.79 Å². The van der Waals surface area contributed by atoms with Gasteiger partial charge in [0.2, 0.25) is 5.91 Å². The van der Waals surface area contributed by atoms with E-state index in [1.807, 2.05) is 79.5 Å². The first-order valence-electron chi connectivity index (χ1n) is 20.7. The van der Waals surface area contributed by atoms with E-state index in [-0.39, 0.29) is 17.9 Å². The topological polar surface area (TPSA) is 98.0 Å². The lowest BCUT2D eigenvalue weighted by Gasteiger charge is -2.38. The molecule has 312 valence electrons. The maximum Gasteiger partial charge on any atom is 0.337 e. The number of piperazine rings is 1. The number of nitrogens with zero attached hydrogens (tertiary/aromatic N) is 3. The molecule has 12 heteroatoms. The lowest BCUT2D eigenvalue weighted by Crippen LogP contribution is -2.50. The fourth-order valence-corrected chi connectivity index (χ4v) is 9.36. The number of methoxy groups -OCH3 is 1. The number of H-pyrrole nitrogens is 1. The molecule has 1 saturated heterocycles. The van der Waals surface area contributed by atoms with Crippen molar-refractivity contribution >= 4 is 86.1 Å². The number of amides is 2. The van der Waals surface area contributed by atoms with Crippen LogP contribution in [0.25, 0.3) is 22.2 Å². The third kappa shape index (κ3) is 8.80. The highest BCUT2D eigenvalue weighted by Crippen LogP contribution is 2.45. The van der Waals surface area contributed by atoms with E-state index in [4.69, 9.17) is 39.5 Å². The number of ether oxygens (including phenoxy) is 1. The van der Waals surface area contributed by atoms with Gasteiger partial charge >= 0.3 is 5.97 Å². The van der Waals surface area contributed by atoms with Gasteiger partial charge in [0.1, 0.15) is 5.69 Å². The molecule has 1 aliphatic carbocycles. The number of anilines is 2. The van der Waals surface area contributed by atoms with E-state index in [2.05, 4.69) is 45.2 Å². The highest BCUT2D eigenvalue weighted by Gasteiger charge is 2.33. The molecule has 0 bridgehead atoms. The summed E-state index contributed by atoms with van der Waals surface area (Å²) in [4.78, 5) is 50.9. The molecule has 1 saturated carbocycles. The molecule has 2 fully saturated rings. The summed E-state index contributed by atoms with van der Waals surface area (Å²) in [5, 5.41) is 5.59. The molecule has 60 heavy (non-hydrogen) atoms. The Bertz CT molecular complexity index is 2450. The Kier molecular flexibility index (Phi) is 13.6. The number of allylic oxidation sites excluding steroid dienone is 2. The summed E-state index contributed by atoms with van der Waals surface area (Å²) in [6.45, 7) is 8.38. The molecule has 1 aromatic heterocycles. The van der Waals surface area contributed by atoms with Crippen molar-refractivity contribution in [2.24, 2.45) is 5.92 Å². The molecule has 5 aromatic rings. The van der Waals surface area contributed by atoms with E-state index in [1.54, 1.807) is 18.2 Å². The SMILES string of the molecule is CC.COC(=O)c1ccc(N2CCN(C(=O)C3CCCC3)CC2)c(NC(=O)c2[nH]c3cc(Cl)ccc3c2C2=C(c3ccccc3)CC=CN2C(C)c2ccc(Cl)cc2Cl)c1. The first kappa shape index (κ1) is 42.9. The third-order valence-corrected chi connectivity index (χ3v) is 12.4. The van der Waals surface area contributed by atoms with Crippen molar-refractivity contribution in [3.63, 3.8) is 0 Å². The zero-order valence-electron chi connectivity index (χ0n) is 34.4. The summed E-state index contributed by atoms with van der Waals surface area (Å²) in [7, 11) is 1.33. The van der Waals surface area contributed by atoms with Crippen molar-refractivity contribution < 1.29 is 19.1 Å². The largest absolute Gasteiger partial charge is 0.465 e. The minimum atomic E-state index is -0.521. The Balaban J connectivity index is 0.00000268. The average Bonchev–Trinajstić information content (AvgIpc) is 3.95. The van der Waals surface area contributed by atoms with Crippen LogP contribution in [-0.4, -0.2) is 65.9 Å². The van der Waals surface area contributed by atoms with E-state index in [9.17, 15) is 9.59 Å². The molecule has 8 rings (SSSR count). The molecule has 2 aliphatic heterocycles. The van der Waals surface area contributed by atoms with Crippen molar-refractivity contribution in [1.29, 1.82) is 0 Å². The predicted molar refractivity (Wildman–Crippen MR) is 245 cm³/mol. The van der Waals surface area contributed by atoms with E-state index in [0.29, 0.717) is 75.7 Å². The summed E-state index contributed by atoms with van der Waals surface area (Å²) in [5.74, 6) is -0.582. The fourth-order valence-electron chi connectivity index (χ4n) is 8.62. The monoisotopic (exact) mass is 865 g/mol. The maximum atomic E-state index is 15.0. The molecule has 3 aliphatic rings. The van der Waals surface area contributed by atoms with Crippen LogP contribution in [-0.2, 0) is 9.53 Å². The van der Waals surface area contributed by atoms with E-state index in [0.717, 1.165) is 59.2 Å². The number of nitrogens with one attached hydrogen (secondary N) is 2. The van der Waals surface area contributed by atoms with Crippen molar-refractivity contribution in [1.82, 2.24) is 14.8 Å². The second kappa shape index (κ2) is 19.0. The summed E-state index contributed by atoms with van der Waals surface area (Å²) < 4.78 is 5.08. The van der Waals surface area contributed by atoms with E-state index >= 15 is 4.79 Å². The first-order valence-corrected chi connectivity index (χ1v) is 21.8. The van der Waals surface area contributed by atoms with Gasteiger partial charge in [0.15, 0.2) is 0 Å². The molecule has 3 heterocycles. The van der Waals surface area contributed by atoms with Crippen LogP contribution in [0, 0.1) is 5.92 Å². The molecule has 0 spiro atoms. The van der Waals surface area contributed by atoms with Crippen LogP contribution in [0.2, 0.25) is 15.1 Å². The molecule has 9 nitrogen and oxygen atoms in total. The molecule has 1 unspecified atom stereocenters. The molecule has 2 amide bonds. The van der Waals surface area contributed by atoms with Gasteiger partial charge in [-0.3, -0.25) is 9.59 Å². The van der Waals surface area contributed by atoms with Gasteiger partial charge in [0, 0.05) is 69.8 Å². The van der Waals surface area contributed by atoms with E-state index < -0.39 is 11.9 Å². The van der Waals surface area contributed by atoms with E-state index in [1.165, 1.54) is 7.11 Å². The zero-order valence-corrected chi connectivity index (χ0v) is 36.6. The quantitative estimate of drug-likeness (QED) is 0.143. The van der Waals surface area contributed by atoms with Gasteiger partial charge < -0.3 is 29.7 Å². The molecule has 4 aromatic carbocycles. The van der Waals surface area contributed by atoms with Crippen molar-refractivity contribution in [3.8, 4) is 0 Å². The van der Waals surface area contributed by atoms with Gasteiger partial charge in [-0.15, -0.1) is 0 Å². The lowest BCUT2D eigenvalue weighted by atomic mass is 9.90. The summed E-state index contributed by atoms with van der Waals surface area (Å²) in [6, 6.07) is 26.1. The number of benzene rings is 4. The normalized spacial score (nSPS) is 16.1. The van der Waals surface area contributed by atoms with Crippen LogP contribution >= 0.6 is 34.8 Å². The van der Waals surface area contributed by atoms with Gasteiger partial charge in [-0.1, -0.05) is 110 Å². The molecular weight excluding hydrogens is 817 g/mol. The number of carbonyl (C=O) groups excluding carboxylic acids is 3. The molecule has 1 atom stereocenters. The van der Waals surface area contributed by atoms with Crippen LogP contribution < -0.4 is 10.2 Å².